The maximum atomic E-state index is 13.6. The SMILES string of the molecule is Cc1c(C)c(S(=O)(=O)NC(N)=NCCC[C@@H](CNCC(=O)OCc2ccccc2)NC(=O)OCC2c3ccccc3-c3ccccc32)c(C)c2c1OC(C)(C)C2. The molecule has 13 heteroatoms. The highest BCUT2D eigenvalue weighted by atomic mass is 32.2. The molecule has 0 aromatic heterocycles. The van der Waals surface area contributed by atoms with Gasteiger partial charge < -0.3 is 30.6 Å². The average molecular weight is 782 g/mol. The van der Waals surface area contributed by atoms with Crippen LogP contribution in [0.3, 0.4) is 0 Å². The van der Waals surface area contributed by atoms with Crippen LogP contribution in [0.1, 0.15) is 71.6 Å². The maximum Gasteiger partial charge on any atom is 0.407 e. The van der Waals surface area contributed by atoms with Gasteiger partial charge in [0.2, 0.25) is 5.96 Å². The molecule has 12 nitrogen and oxygen atoms in total. The van der Waals surface area contributed by atoms with E-state index in [9.17, 15) is 18.0 Å². The van der Waals surface area contributed by atoms with Gasteiger partial charge in [0.1, 0.15) is 24.6 Å². The van der Waals surface area contributed by atoms with Gasteiger partial charge in [0.15, 0.2) is 0 Å². The molecule has 0 fully saturated rings. The summed E-state index contributed by atoms with van der Waals surface area (Å²) in [5.41, 5.74) is 13.9. The van der Waals surface area contributed by atoms with E-state index in [1.54, 1.807) is 13.8 Å². The normalized spacial score (nSPS) is 14.9. The number of sulfonamides is 1. The highest BCUT2D eigenvalue weighted by Crippen LogP contribution is 2.45. The Balaban J connectivity index is 1.06. The summed E-state index contributed by atoms with van der Waals surface area (Å²) >= 11 is 0. The number of fused-ring (bicyclic) bond motifs is 4. The van der Waals surface area contributed by atoms with Gasteiger partial charge in [-0.15, -0.1) is 0 Å². The Kier molecular flexibility index (Phi) is 12.3. The molecule has 56 heavy (non-hydrogen) atoms. The minimum atomic E-state index is -4.05. The number of guanidine groups is 1. The lowest BCUT2D eigenvalue weighted by molar-refractivity contribution is -0.143. The van der Waals surface area contributed by atoms with Gasteiger partial charge >= 0.3 is 12.1 Å². The maximum absolute atomic E-state index is 13.6. The lowest BCUT2D eigenvalue weighted by Crippen LogP contribution is -2.44. The zero-order valence-electron chi connectivity index (χ0n) is 32.6. The summed E-state index contributed by atoms with van der Waals surface area (Å²) in [7, 11) is -4.05. The van der Waals surface area contributed by atoms with Crippen LogP contribution >= 0.6 is 0 Å². The van der Waals surface area contributed by atoms with E-state index < -0.39 is 33.7 Å². The molecule has 1 atom stereocenters. The predicted molar refractivity (Wildman–Crippen MR) is 216 cm³/mol. The molecule has 4 aromatic carbocycles. The summed E-state index contributed by atoms with van der Waals surface area (Å²) in [6.07, 6.45) is 0.873. The number of nitrogens with two attached hydrogens (primary N) is 1. The highest BCUT2D eigenvalue weighted by molar-refractivity contribution is 7.90. The first kappa shape index (κ1) is 40.3. The molecule has 6 rings (SSSR count). The third-order valence-electron chi connectivity index (χ3n) is 10.4. The molecule has 1 aliphatic carbocycles. The van der Waals surface area contributed by atoms with Crippen molar-refractivity contribution in [3.8, 4) is 16.9 Å². The smallest absolute Gasteiger partial charge is 0.407 e. The molecule has 0 bridgehead atoms. The summed E-state index contributed by atoms with van der Waals surface area (Å²) in [4.78, 5) is 30.2. The van der Waals surface area contributed by atoms with Gasteiger partial charge in [-0.2, -0.15) is 0 Å². The molecule has 296 valence electrons. The molecule has 4 aromatic rings. The number of ether oxygens (including phenoxy) is 3. The minimum Gasteiger partial charge on any atom is -0.487 e. The van der Waals surface area contributed by atoms with Crippen LogP contribution in [-0.2, 0) is 37.3 Å². The Morgan fingerprint density at radius 2 is 1.55 bits per heavy atom. The van der Waals surface area contributed by atoms with Crippen LogP contribution in [0.2, 0.25) is 0 Å². The Morgan fingerprint density at radius 1 is 0.911 bits per heavy atom. The number of carbonyl (C=O) groups excluding carboxylic acids is 2. The number of rotatable bonds is 15. The molecule has 1 heterocycles. The number of carbonyl (C=O) groups is 2. The van der Waals surface area contributed by atoms with Crippen molar-refractivity contribution in [2.24, 2.45) is 10.7 Å². The summed E-state index contributed by atoms with van der Waals surface area (Å²) in [6, 6.07) is 25.2. The van der Waals surface area contributed by atoms with Gasteiger partial charge in [0.05, 0.1) is 11.4 Å². The van der Waals surface area contributed by atoms with E-state index in [1.807, 2.05) is 75.4 Å². The molecule has 1 aliphatic heterocycles. The zero-order valence-corrected chi connectivity index (χ0v) is 33.4. The number of amides is 1. The monoisotopic (exact) mass is 781 g/mol. The van der Waals surface area contributed by atoms with Gasteiger partial charge in [-0.3, -0.25) is 9.79 Å². The third kappa shape index (κ3) is 9.34. The molecule has 0 unspecified atom stereocenters. The Hall–Kier alpha value is -5.40. The molecule has 2 aliphatic rings. The number of benzene rings is 4. The van der Waals surface area contributed by atoms with Crippen molar-refractivity contribution in [2.45, 2.75) is 82.9 Å². The number of nitrogens with one attached hydrogen (secondary N) is 3. The molecule has 0 saturated heterocycles. The first-order valence-corrected chi connectivity index (χ1v) is 20.4. The molecule has 0 radical (unpaired) electrons. The number of nitrogens with zero attached hydrogens (tertiary/aromatic N) is 1. The van der Waals surface area contributed by atoms with Crippen molar-refractivity contribution in [2.75, 3.05) is 26.2 Å². The van der Waals surface area contributed by atoms with Crippen molar-refractivity contribution in [3.63, 3.8) is 0 Å². The second-order valence-corrected chi connectivity index (χ2v) is 16.6. The predicted octanol–water partition coefficient (Wildman–Crippen LogP) is 5.94. The second-order valence-electron chi connectivity index (χ2n) is 15.0. The van der Waals surface area contributed by atoms with Gasteiger partial charge in [-0.25, -0.2) is 17.9 Å². The second kappa shape index (κ2) is 17.2. The Morgan fingerprint density at radius 3 is 2.23 bits per heavy atom. The lowest BCUT2D eigenvalue weighted by atomic mass is 9.94. The van der Waals surface area contributed by atoms with Crippen molar-refractivity contribution < 1.29 is 32.2 Å². The van der Waals surface area contributed by atoms with E-state index in [-0.39, 0.29) is 49.6 Å². The third-order valence-corrected chi connectivity index (χ3v) is 12.0. The van der Waals surface area contributed by atoms with Crippen LogP contribution in [0.4, 0.5) is 4.79 Å². The molecule has 0 saturated carbocycles. The molecule has 1 amide bonds. The Labute approximate surface area is 329 Å². The van der Waals surface area contributed by atoms with E-state index in [4.69, 9.17) is 19.9 Å². The number of esters is 1. The van der Waals surface area contributed by atoms with Gasteiger partial charge in [-0.1, -0.05) is 78.9 Å². The summed E-state index contributed by atoms with van der Waals surface area (Å²) in [5.74, 6) is -0.0263. The van der Waals surface area contributed by atoms with E-state index in [1.165, 1.54) is 0 Å². The van der Waals surface area contributed by atoms with Gasteiger partial charge in [0, 0.05) is 37.0 Å². The first-order chi connectivity index (χ1) is 26.7. The summed E-state index contributed by atoms with van der Waals surface area (Å²) < 4.78 is 47.0. The largest absolute Gasteiger partial charge is 0.487 e. The minimum absolute atomic E-state index is 0.0623. The first-order valence-electron chi connectivity index (χ1n) is 18.9. The average Bonchev–Trinajstić information content (AvgIpc) is 3.67. The number of hydrogen-bond acceptors (Lipinski definition) is 9. The van der Waals surface area contributed by atoms with Crippen LogP contribution in [0.25, 0.3) is 11.1 Å². The fourth-order valence-electron chi connectivity index (χ4n) is 7.58. The van der Waals surface area contributed by atoms with E-state index >= 15 is 0 Å². The van der Waals surface area contributed by atoms with E-state index in [0.29, 0.717) is 30.4 Å². The van der Waals surface area contributed by atoms with Crippen LogP contribution in [0, 0.1) is 20.8 Å². The molecule has 5 N–H and O–H groups in total. The van der Waals surface area contributed by atoms with Crippen LogP contribution in [0.5, 0.6) is 5.75 Å². The van der Waals surface area contributed by atoms with E-state index in [2.05, 4.69) is 44.6 Å². The standard InChI is InChI=1S/C43H51N5O7S/c1-27-28(2)40(29(3)36-22-43(4,5)55-39(27)36)56(51,52)48-41(44)46-21-13-16-31(23-45-24-38(49)53-25-30-14-7-6-8-15-30)47-42(50)54-26-37-34-19-11-9-17-32(34)33-18-10-12-20-35(33)37/h6-12,14-15,17-20,31,37,45H,13,16,21-26H2,1-5H3,(H,47,50)(H3,44,46,48)/t31-/m0/s1. The molecule has 0 spiro atoms. The number of alkyl carbamates (subject to hydrolysis) is 1. The number of aliphatic imine (C=N–C) groups is 1. The van der Waals surface area contributed by atoms with Crippen molar-refractivity contribution >= 4 is 28.0 Å². The Bertz CT molecular complexity index is 2180. The van der Waals surface area contributed by atoms with Crippen LogP contribution in [0.15, 0.2) is 88.8 Å². The quantitative estimate of drug-likeness (QED) is 0.0494. The van der Waals surface area contributed by atoms with Crippen molar-refractivity contribution in [3.05, 3.63) is 118 Å². The fraction of sp³-hybridized carbons (Fsp3) is 0.372. The highest BCUT2D eigenvalue weighted by Gasteiger charge is 2.37. The van der Waals surface area contributed by atoms with E-state index in [0.717, 1.165) is 44.7 Å². The van der Waals surface area contributed by atoms with Gasteiger partial charge in [0.25, 0.3) is 10.0 Å². The van der Waals surface area contributed by atoms with Crippen LogP contribution < -0.4 is 25.8 Å². The van der Waals surface area contributed by atoms with Crippen molar-refractivity contribution in [1.82, 2.24) is 15.4 Å². The number of hydrogen-bond donors (Lipinski definition) is 4. The summed E-state index contributed by atoms with van der Waals surface area (Å²) in [5, 5.41) is 6.02. The van der Waals surface area contributed by atoms with Gasteiger partial charge in [-0.05, 0) is 92.0 Å². The lowest BCUT2D eigenvalue weighted by Gasteiger charge is -2.20. The summed E-state index contributed by atoms with van der Waals surface area (Å²) in [6.45, 7) is 10.0. The molecular weight excluding hydrogens is 731 g/mol. The van der Waals surface area contributed by atoms with Crippen molar-refractivity contribution in [1.29, 1.82) is 0 Å². The topological polar surface area (TPSA) is 170 Å². The zero-order chi connectivity index (χ0) is 40.0. The molecular formula is C43H51N5O7S. The van der Waals surface area contributed by atoms with Crippen LogP contribution in [-0.4, -0.2) is 64.3 Å². The fourth-order valence-corrected chi connectivity index (χ4v) is 9.10.